The molecule has 5 heterocycles. The Balaban J connectivity index is 1.29. The number of carbonyl (C=O) groups excluding carboxylic acids is 1. The number of likely N-dealkylation sites (tertiary alicyclic amines) is 1. The van der Waals surface area contributed by atoms with Crippen LogP contribution < -0.4 is 0 Å². The van der Waals surface area contributed by atoms with Crippen molar-refractivity contribution in [3.63, 3.8) is 0 Å². The van der Waals surface area contributed by atoms with Gasteiger partial charge in [-0.2, -0.15) is 5.10 Å². The van der Waals surface area contributed by atoms with E-state index in [0.717, 1.165) is 48.2 Å². The van der Waals surface area contributed by atoms with Gasteiger partial charge < -0.3 is 18.9 Å². The average molecular weight is 440 g/mol. The molecule has 3 aromatic rings. The summed E-state index contributed by atoms with van der Waals surface area (Å²) in [6, 6.07) is 4.30. The Bertz CT molecular complexity index is 1100. The number of nitrogens with zero attached hydrogens (tertiary/aromatic N) is 5. The van der Waals surface area contributed by atoms with Crippen molar-refractivity contribution >= 4 is 17.1 Å². The Labute approximate surface area is 186 Å². The lowest BCUT2D eigenvalue weighted by molar-refractivity contribution is 0.0203. The van der Waals surface area contributed by atoms with Crippen LogP contribution in [0.4, 0.5) is 4.79 Å². The van der Waals surface area contributed by atoms with Crippen molar-refractivity contribution in [2.45, 2.75) is 57.6 Å². The summed E-state index contributed by atoms with van der Waals surface area (Å²) in [5.41, 5.74) is 3.14. The van der Waals surface area contributed by atoms with Crippen LogP contribution in [0.25, 0.3) is 22.4 Å². The van der Waals surface area contributed by atoms with Gasteiger partial charge >= 0.3 is 6.09 Å². The summed E-state index contributed by atoms with van der Waals surface area (Å²) in [6.45, 7) is 8.39. The number of hydrogen-bond acceptors (Lipinski definition) is 7. The summed E-state index contributed by atoms with van der Waals surface area (Å²) < 4.78 is 18.7. The molecule has 2 saturated heterocycles. The van der Waals surface area contributed by atoms with Crippen LogP contribution in [0.2, 0.25) is 0 Å². The lowest BCUT2D eigenvalue weighted by Gasteiger charge is -2.32. The van der Waals surface area contributed by atoms with Crippen molar-refractivity contribution in [2.24, 2.45) is 0 Å². The molecule has 2 aliphatic heterocycles. The topological polar surface area (TPSA) is 95.5 Å². The summed E-state index contributed by atoms with van der Waals surface area (Å²) in [7, 11) is 0. The van der Waals surface area contributed by atoms with Crippen LogP contribution in [0, 0.1) is 0 Å². The van der Waals surface area contributed by atoms with Crippen molar-refractivity contribution in [1.29, 1.82) is 0 Å². The minimum atomic E-state index is -0.482. The Morgan fingerprint density at radius 2 is 1.97 bits per heavy atom. The van der Waals surface area contributed by atoms with Gasteiger partial charge in [-0.05, 0) is 46.1 Å². The van der Waals surface area contributed by atoms with Gasteiger partial charge in [0.1, 0.15) is 11.1 Å². The van der Waals surface area contributed by atoms with Gasteiger partial charge in [-0.15, -0.1) is 0 Å². The highest BCUT2D eigenvalue weighted by atomic mass is 16.6. The third-order valence-electron chi connectivity index (χ3n) is 6.08. The first-order valence-electron chi connectivity index (χ1n) is 11.2. The molecule has 9 heteroatoms. The van der Waals surface area contributed by atoms with Gasteiger partial charge in [0.05, 0.1) is 30.1 Å². The predicted molar refractivity (Wildman–Crippen MR) is 117 cm³/mol. The fraction of sp³-hybridized carbons (Fsp3) is 0.565. The number of piperidine rings is 1. The lowest BCUT2D eigenvalue weighted by Crippen LogP contribution is -2.41. The van der Waals surface area contributed by atoms with Gasteiger partial charge in [0, 0.05) is 43.4 Å². The van der Waals surface area contributed by atoms with Crippen LogP contribution in [0.15, 0.2) is 29.0 Å². The number of fused-ring (bicyclic) bond motifs is 1. The van der Waals surface area contributed by atoms with Gasteiger partial charge in [0.25, 0.3) is 0 Å². The minimum absolute atomic E-state index is 0.241. The highest BCUT2D eigenvalue weighted by molar-refractivity contribution is 5.79. The zero-order valence-corrected chi connectivity index (χ0v) is 18.8. The zero-order valence-electron chi connectivity index (χ0n) is 18.8. The van der Waals surface area contributed by atoms with Gasteiger partial charge in [-0.3, -0.25) is 9.67 Å². The van der Waals surface area contributed by atoms with E-state index in [2.05, 4.69) is 21.3 Å². The summed E-state index contributed by atoms with van der Waals surface area (Å²) in [5.74, 6) is 0.948. The summed E-state index contributed by atoms with van der Waals surface area (Å²) in [5, 5.41) is 8.85. The molecule has 2 aliphatic rings. The van der Waals surface area contributed by atoms with Crippen molar-refractivity contribution in [3.05, 3.63) is 30.2 Å². The predicted octanol–water partition coefficient (Wildman–Crippen LogP) is 4.16. The number of aromatic nitrogens is 4. The maximum absolute atomic E-state index is 12.3. The van der Waals surface area contributed by atoms with Crippen LogP contribution in [0.1, 0.15) is 57.7 Å². The molecule has 5 rings (SSSR count). The van der Waals surface area contributed by atoms with Gasteiger partial charge in [-0.25, -0.2) is 4.79 Å². The molecule has 0 spiro atoms. The fourth-order valence-electron chi connectivity index (χ4n) is 4.37. The van der Waals surface area contributed by atoms with Crippen LogP contribution in [0.3, 0.4) is 0 Å². The van der Waals surface area contributed by atoms with Crippen molar-refractivity contribution < 1.29 is 18.8 Å². The van der Waals surface area contributed by atoms with Crippen LogP contribution in [0.5, 0.6) is 0 Å². The van der Waals surface area contributed by atoms with E-state index in [1.807, 2.05) is 31.5 Å². The molecule has 0 N–H and O–H groups in total. The standard InChI is InChI=1S/C23H29N5O4/c1-23(2,3)31-22(29)27-7-4-15(5-8-27)18-11-21(32-26-18)16-10-20-19(24-12-16)13-25-28(20)17-6-9-30-14-17/h10-13,15,17H,4-9,14H2,1-3H3. The number of amides is 1. The number of rotatable bonds is 3. The second-order valence-corrected chi connectivity index (χ2v) is 9.59. The fourth-order valence-corrected chi connectivity index (χ4v) is 4.37. The Kier molecular flexibility index (Phi) is 5.36. The molecule has 0 aromatic carbocycles. The van der Waals surface area contributed by atoms with Gasteiger partial charge in [0.15, 0.2) is 5.76 Å². The SMILES string of the molecule is CC(C)(C)OC(=O)N1CCC(c2cc(-c3cnc4cnn(C5CCOC5)c4c3)on2)CC1. The Hall–Kier alpha value is -2.94. The molecule has 1 atom stereocenters. The molecule has 0 aliphatic carbocycles. The quantitative estimate of drug-likeness (QED) is 0.604. The maximum atomic E-state index is 12.3. The second-order valence-electron chi connectivity index (χ2n) is 9.59. The molecule has 32 heavy (non-hydrogen) atoms. The van der Waals surface area contributed by atoms with E-state index in [9.17, 15) is 4.79 Å². The molecule has 170 valence electrons. The largest absolute Gasteiger partial charge is 0.444 e. The van der Waals surface area contributed by atoms with E-state index in [-0.39, 0.29) is 18.1 Å². The molecule has 0 radical (unpaired) electrons. The molecule has 0 saturated carbocycles. The first kappa shape index (κ1) is 20.9. The molecular formula is C23H29N5O4. The summed E-state index contributed by atoms with van der Waals surface area (Å²) >= 11 is 0. The summed E-state index contributed by atoms with van der Waals surface area (Å²) in [4.78, 5) is 18.6. The van der Waals surface area contributed by atoms with E-state index >= 15 is 0 Å². The molecular weight excluding hydrogens is 410 g/mol. The van der Waals surface area contributed by atoms with E-state index in [1.165, 1.54) is 0 Å². The first-order valence-corrected chi connectivity index (χ1v) is 11.2. The Morgan fingerprint density at radius 1 is 1.16 bits per heavy atom. The highest BCUT2D eigenvalue weighted by Gasteiger charge is 2.29. The van der Waals surface area contributed by atoms with Crippen molar-refractivity contribution in [1.82, 2.24) is 24.8 Å². The number of pyridine rings is 1. The van der Waals surface area contributed by atoms with Crippen LogP contribution in [-0.2, 0) is 9.47 Å². The summed E-state index contributed by atoms with van der Waals surface area (Å²) in [6.07, 6.45) is 5.96. The number of carbonyl (C=O) groups is 1. The number of ether oxygens (including phenoxy) is 2. The van der Waals surface area contributed by atoms with E-state index in [1.54, 1.807) is 17.3 Å². The van der Waals surface area contributed by atoms with Crippen LogP contribution >= 0.6 is 0 Å². The molecule has 3 aromatic heterocycles. The van der Waals surface area contributed by atoms with Crippen molar-refractivity contribution in [3.8, 4) is 11.3 Å². The molecule has 0 bridgehead atoms. The number of hydrogen-bond donors (Lipinski definition) is 0. The monoisotopic (exact) mass is 439 g/mol. The maximum Gasteiger partial charge on any atom is 0.410 e. The van der Waals surface area contributed by atoms with E-state index in [4.69, 9.17) is 14.0 Å². The Morgan fingerprint density at radius 3 is 2.69 bits per heavy atom. The normalized spacial score (nSPS) is 20.2. The average Bonchev–Trinajstić information content (AvgIpc) is 3.52. The van der Waals surface area contributed by atoms with Crippen molar-refractivity contribution in [2.75, 3.05) is 26.3 Å². The molecule has 1 amide bonds. The molecule has 9 nitrogen and oxygen atoms in total. The lowest BCUT2D eigenvalue weighted by atomic mass is 9.93. The van der Waals surface area contributed by atoms with Crippen LogP contribution in [-0.4, -0.2) is 62.8 Å². The minimum Gasteiger partial charge on any atom is -0.444 e. The second kappa shape index (κ2) is 8.20. The van der Waals surface area contributed by atoms with Gasteiger partial charge in [-0.1, -0.05) is 5.16 Å². The molecule has 2 fully saturated rings. The molecule has 1 unspecified atom stereocenters. The smallest absolute Gasteiger partial charge is 0.410 e. The van der Waals surface area contributed by atoms with E-state index in [0.29, 0.717) is 25.5 Å². The third-order valence-corrected chi connectivity index (χ3v) is 6.08. The van der Waals surface area contributed by atoms with Gasteiger partial charge in [0.2, 0.25) is 0 Å². The van der Waals surface area contributed by atoms with E-state index < -0.39 is 5.60 Å². The zero-order chi connectivity index (χ0) is 22.3. The highest BCUT2D eigenvalue weighted by Crippen LogP contribution is 2.32. The third kappa shape index (κ3) is 4.21. The first-order chi connectivity index (χ1) is 15.4.